The second kappa shape index (κ2) is 12.3. The molecule has 1 amide bonds. The van der Waals surface area contributed by atoms with Crippen LogP contribution in [0.1, 0.15) is 48.8 Å². The molecule has 3 N–H and O–H groups in total. The van der Waals surface area contributed by atoms with Crippen LogP contribution in [0.5, 0.6) is 0 Å². The normalized spacial score (nSPS) is 21.5. The zero-order chi connectivity index (χ0) is 26.4. The van der Waals surface area contributed by atoms with E-state index in [1.807, 2.05) is 48.0 Å². The first kappa shape index (κ1) is 26.8. The summed E-state index contributed by atoms with van der Waals surface area (Å²) in [6, 6.07) is 14.9. The molecule has 0 unspecified atom stereocenters. The summed E-state index contributed by atoms with van der Waals surface area (Å²) < 4.78 is 14.7. The van der Waals surface area contributed by atoms with Gasteiger partial charge in [-0.3, -0.25) is 9.59 Å². The number of aliphatic hydroxyl groups excluding tert-OH is 1. The Morgan fingerprint density at radius 2 is 1.76 bits per heavy atom. The van der Waals surface area contributed by atoms with Crippen LogP contribution in [0.4, 0.5) is 5.69 Å². The summed E-state index contributed by atoms with van der Waals surface area (Å²) in [5.74, 6) is -0.693. The molecule has 4 atom stereocenters. The summed E-state index contributed by atoms with van der Waals surface area (Å²) >= 11 is 1.57. The van der Waals surface area contributed by atoms with Gasteiger partial charge < -0.3 is 29.6 Å². The van der Waals surface area contributed by atoms with Crippen LogP contribution < -0.4 is 5.32 Å². The van der Waals surface area contributed by atoms with Crippen LogP contribution in [0, 0.1) is 5.92 Å². The number of hydrogen-bond acceptors (Lipinski definition) is 8. The maximum absolute atomic E-state index is 12.0. The monoisotopic (exact) mass is 526 g/mol. The van der Waals surface area contributed by atoms with E-state index in [-0.39, 0.29) is 43.5 Å². The number of hydrogen-bond donors (Lipinski definition) is 3. The SMILES string of the molecule is C[C@@H]1[C@H](CSc2nncn2C)O[C@H](c2ccc(NC(=O)CCC(=O)O)cc2)O[C@@H]1c1ccc(CO)cc1. The molecular weight excluding hydrogens is 496 g/mol. The number of benzene rings is 2. The lowest BCUT2D eigenvalue weighted by atomic mass is 9.91. The van der Waals surface area contributed by atoms with Crippen molar-refractivity contribution in [1.29, 1.82) is 0 Å². The van der Waals surface area contributed by atoms with Gasteiger partial charge in [0, 0.05) is 36.4 Å². The van der Waals surface area contributed by atoms with E-state index in [2.05, 4.69) is 22.4 Å². The lowest BCUT2D eigenvalue weighted by Crippen LogP contribution is -2.38. The van der Waals surface area contributed by atoms with Crippen molar-refractivity contribution in [3.8, 4) is 0 Å². The highest BCUT2D eigenvalue weighted by molar-refractivity contribution is 7.99. The Bertz CT molecular complexity index is 1200. The van der Waals surface area contributed by atoms with Crippen molar-refractivity contribution in [3.05, 3.63) is 71.5 Å². The number of amides is 1. The number of ether oxygens (including phenoxy) is 2. The topological polar surface area (TPSA) is 136 Å². The number of rotatable bonds is 10. The van der Waals surface area contributed by atoms with Crippen molar-refractivity contribution in [2.45, 2.75) is 50.0 Å². The Kier molecular flexibility index (Phi) is 8.93. The van der Waals surface area contributed by atoms with E-state index in [1.165, 1.54) is 0 Å². The number of carbonyl (C=O) groups excluding carboxylic acids is 1. The van der Waals surface area contributed by atoms with Crippen molar-refractivity contribution in [2.24, 2.45) is 13.0 Å². The minimum Gasteiger partial charge on any atom is -0.481 e. The number of aliphatic carboxylic acids is 1. The number of aryl methyl sites for hydroxylation is 1. The number of nitrogens with zero attached hydrogens (tertiary/aromatic N) is 3. The van der Waals surface area contributed by atoms with E-state index in [9.17, 15) is 14.7 Å². The molecule has 3 aromatic rings. The Balaban J connectivity index is 1.51. The average molecular weight is 527 g/mol. The van der Waals surface area contributed by atoms with Gasteiger partial charge >= 0.3 is 5.97 Å². The number of carboxylic acid groups (broad SMARTS) is 1. The van der Waals surface area contributed by atoms with E-state index in [0.29, 0.717) is 11.4 Å². The third-order valence-electron chi connectivity index (χ3n) is 6.20. The second-order valence-corrected chi connectivity index (χ2v) is 9.91. The lowest BCUT2D eigenvalue weighted by Gasteiger charge is -2.41. The van der Waals surface area contributed by atoms with Gasteiger partial charge in [0.1, 0.15) is 6.33 Å². The Hall–Kier alpha value is -3.25. The molecular formula is C26H30N4O6S. The van der Waals surface area contributed by atoms with E-state index in [1.54, 1.807) is 30.2 Å². The summed E-state index contributed by atoms with van der Waals surface area (Å²) in [6.07, 6.45) is 0.310. The molecule has 10 nitrogen and oxygen atoms in total. The summed E-state index contributed by atoms with van der Waals surface area (Å²) in [5, 5.41) is 29.8. The van der Waals surface area contributed by atoms with Gasteiger partial charge in [-0.25, -0.2) is 0 Å². The third-order valence-corrected chi connectivity index (χ3v) is 7.33. The molecule has 11 heteroatoms. The van der Waals surface area contributed by atoms with Crippen LogP contribution >= 0.6 is 11.8 Å². The predicted octanol–water partition coefficient (Wildman–Crippen LogP) is 3.69. The van der Waals surface area contributed by atoms with Gasteiger partial charge in [-0.15, -0.1) is 10.2 Å². The maximum Gasteiger partial charge on any atom is 0.303 e. The number of aliphatic hydroxyl groups is 1. The molecule has 2 aromatic carbocycles. The van der Waals surface area contributed by atoms with Crippen LogP contribution in [0.15, 0.2) is 60.0 Å². The van der Waals surface area contributed by atoms with E-state index >= 15 is 0 Å². The molecule has 1 fully saturated rings. The van der Waals surface area contributed by atoms with Crippen molar-refractivity contribution < 1.29 is 29.3 Å². The van der Waals surface area contributed by atoms with Gasteiger partial charge in [0.2, 0.25) is 5.91 Å². The van der Waals surface area contributed by atoms with Gasteiger partial charge in [0.15, 0.2) is 11.4 Å². The lowest BCUT2D eigenvalue weighted by molar-refractivity contribution is -0.268. The molecule has 0 saturated carbocycles. The fourth-order valence-corrected chi connectivity index (χ4v) is 5.09. The first-order valence-corrected chi connectivity index (χ1v) is 12.9. The molecule has 37 heavy (non-hydrogen) atoms. The Morgan fingerprint density at radius 1 is 1.05 bits per heavy atom. The fourth-order valence-electron chi connectivity index (χ4n) is 4.04. The number of aromatic nitrogens is 3. The third kappa shape index (κ3) is 6.95. The molecule has 1 saturated heterocycles. The van der Waals surface area contributed by atoms with Crippen LogP contribution in [0.2, 0.25) is 0 Å². The fraction of sp³-hybridized carbons (Fsp3) is 0.385. The summed E-state index contributed by atoms with van der Waals surface area (Å²) in [5.41, 5.74) is 3.18. The first-order chi connectivity index (χ1) is 17.8. The molecule has 196 valence electrons. The highest BCUT2D eigenvalue weighted by Crippen LogP contribution is 2.43. The molecule has 0 aliphatic carbocycles. The van der Waals surface area contributed by atoms with Gasteiger partial charge in [-0.1, -0.05) is 55.1 Å². The van der Waals surface area contributed by atoms with E-state index in [4.69, 9.17) is 14.6 Å². The average Bonchev–Trinajstić information content (AvgIpc) is 3.32. The maximum atomic E-state index is 12.0. The smallest absolute Gasteiger partial charge is 0.303 e. The van der Waals surface area contributed by atoms with Crippen molar-refractivity contribution in [3.63, 3.8) is 0 Å². The molecule has 2 heterocycles. The molecule has 1 aromatic heterocycles. The van der Waals surface area contributed by atoms with E-state index < -0.39 is 12.3 Å². The number of carbonyl (C=O) groups is 2. The van der Waals surface area contributed by atoms with Crippen LogP contribution in [-0.2, 0) is 32.7 Å². The summed E-state index contributed by atoms with van der Waals surface area (Å²) in [7, 11) is 1.90. The largest absolute Gasteiger partial charge is 0.481 e. The van der Waals surface area contributed by atoms with Crippen LogP contribution in [-0.4, -0.2) is 48.7 Å². The molecule has 1 aliphatic heterocycles. The van der Waals surface area contributed by atoms with Gasteiger partial charge in [-0.2, -0.15) is 0 Å². The Labute approximate surface area is 219 Å². The quantitative estimate of drug-likeness (QED) is 0.338. The van der Waals surface area contributed by atoms with Gasteiger partial charge in [0.25, 0.3) is 0 Å². The van der Waals surface area contributed by atoms with Crippen molar-refractivity contribution in [1.82, 2.24) is 14.8 Å². The minimum absolute atomic E-state index is 0.0246. The van der Waals surface area contributed by atoms with Crippen LogP contribution in [0.25, 0.3) is 0 Å². The standard InChI is InChI=1S/C26H30N4O6S/c1-16-21(14-37-26-29-27-15-30(26)2)35-25(36-24(16)18-5-3-17(13-31)4-6-18)19-7-9-20(10-8-19)28-22(32)11-12-23(33)34/h3-10,15-16,21,24-25,31H,11-14H2,1-2H3,(H,28,32)(H,33,34)/t16-,21+,24+,25+/m1/s1. The summed E-state index contributed by atoms with van der Waals surface area (Å²) in [4.78, 5) is 22.7. The first-order valence-electron chi connectivity index (χ1n) is 11.9. The van der Waals surface area contributed by atoms with Crippen molar-refractivity contribution in [2.75, 3.05) is 11.1 Å². The second-order valence-electron chi connectivity index (χ2n) is 8.92. The number of anilines is 1. The zero-order valence-corrected chi connectivity index (χ0v) is 21.4. The van der Waals surface area contributed by atoms with Crippen LogP contribution in [0.3, 0.4) is 0 Å². The molecule has 4 rings (SSSR count). The van der Waals surface area contributed by atoms with Gasteiger partial charge in [0.05, 0.1) is 25.2 Å². The number of nitrogens with one attached hydrogen (secondary N) is 1. The highest BCUT2D eigenvalue weighted by atomic mass is 32.2. The molecule has 0 bridgehead atoms. The molecule has 1 aliphatic rings. The highest BCUT2D eigenvalue weighted by Gasteiger charge is 2.38. The minimum atomic E-state index is -1.02. The number of carboxylic acids is 1. The zero-order valence-electron chi connectivity index (χ0n) is 20.6. The number of thioether (sulfide) groups is 1. The van der Waals surface area contributed by atoms with E-state index in [0.717, 1.165) is 21.8 Å². The summed E-state index contributed by atoms with van der Waals surface area (Å²) in [6.45, 7) is 2.07. The molecule has 0 spiro atoms. The Morgan fingerprint density at radius 3 is 2.38 bits per heavy atom. The van der Waals surface area contributed by atoms with Gasteiger partial charge in [-0.05, 0) is 23.3 Å². The van der Waals surface area contributed by atoms with Crippen molar-refractivity contribution >= 4 is 29.3 Å². The predicted molar refractivity (Wildman–Crippen MR) is 137 cm³/mol. The molecule has 0 radical (unpaired) electrons.